The van der Waals surface area contributed by atoms with E-state index in [9.17, 15) is 0 Å². The quantitative estimate of drug-likeness (QED) is 0.171. The zero-order valence-corrected chi connectivity index (χ0v) is 30.9. The van der Waals surface area contributed by atoms with Gasteiger partial charge in [-0.3, -0.25) is 0 Å². The van der Waals surface area contributed by atoms with Crippen molar-refractivity contribution < 1.29 is 0 Å². The van der Waals surface area contributed by atoms with E-state index >= 15 is 0 Å². The molecule has 0 atom stereocenters. The van der Waals surface area contributed by atoms with E-state index in [4.69, 9.17) is 19.9 Å². The SMILES string of the molecule is c1ccc(-c2nc(-c3ccccc3)nc(-c3ccc4ccc(-c5ccc(-n6c7ccccc7c7cccc(-c8nc9ccccc9s8)c76)cc5)cc4c3)n2)cc1. The number of aromatic nitrogens is 5. The van der Waals surface area contributed by atoms with Gasteiger partial charge in [0.15, 0.2) is 17.5 Å². The number of hydrogen-bond acceptors (Lipinski definition) is 5. The Kier molecular flexibility index (Phi) is 7.60. The van der Waals surface area contributed by atoms with Crippen molar-refractivity contribution in [1.82, 2.24) is 24.5 Å². The average Bonchev–Trinajstić information content (AvgIpc) is 3.86. The van der Waals surface area contributed by atoms with Crippen molar-refractivity contribution >= 4 is 54.1 Å². The molecule has 56 heavy (non-hydrogen) atoms. The summed E-state index contributed by atoms with van der Waals surface area (Å²) in [7, 11) is 0. The zero-order valence-electron chi connectivity index (χ0n) is 30.0. The van der Waals surface area contributed by atoms with Gasteiger partial charge in [-0.2, -0.15) is 0 Å². The van der Waals surface area contributed by atoms with Crippen LogP contribution in [0.2, 0.25) is 0 Å². The lowest BCUT2D eigenvalue weighted by molar-refractivity contribution is 1.07. The summed E-state index contributed by atoms with van der Waals surface area (Å²) in [6.45, 7) is 0. The van der Waals surface area contributed by atoms with E-state index < -0.39 is 0 Å². The van der Waals surface area contributed by atoms with E-state index in [1.54, 1.807) is 11.3 Å². The Balaban J connectivity index is 0.994. The van der Waals surface area contributed by atoms with Crippen LogP contribution >= 0.6 is 11.3 Å². The Morgan fingerprint density at radius 3 is 1.71 bits per heavy atom. The third kappa shape index (κ3) is 5.54. The highest BCUT2D eigenvalue weighted by Crippen LogP contribution is 2.41. The molecule has 11 rings (SSSR count). The third-order valence-corrected chi connectivity index (χ3v) is 11.5. The molecule has 0 saturated heterocycles. The van der Waals surface area contributed by atoms with Crippen LogP contribution in [0.15, 0.2) is 188 Å². The van der Waals surface area contributed by atoms with Crippen molar-refractivity contribution in [3.05, 3.63) is 188 Å². The van der Waals surface area contributed by atoms with E-state index in [1.807, 2.05) is 60.7 Å². The summed E-state index contributed by atoms with van der Waals surface area (Å²) in [6.07, 6.45) is 0. The highest BCUT2D eigenvalue weighted by atomic mass is 32.1. The summed E-state index contributed by atoms with van der Waals surface area (Å²) in [6, 6.07) is 65.8. The molecule has 0 N–H and O–H groups in total. The molecular weight excluding hydrogens is 703 g/mol. The minimum absolute atomic E-state index is 0.644. The first-order chi connectivity index (χ1) is 27.7. The van der Waals surface area contributed by atoms with Crippen LogP contribution in [0.4, 0.5) is 0 Å². The molecular formula is C50H31N5S. The molecule has 5 nitrogen and oxygen atoms in total. The second kappa shape index (κ2) is 13.2. The van der Waals surface area contributed by atoms with Gasteiger partial charge in [0.25, 0.3) is 0 Å². The zero-order chi connectivity index (χ0) is 37.0. The van der Waals surface area contributed by atoms with Gasteiger partial charge in [-0.15, -0.1) is 11.3 Å². The average molecular weight is 734 g/mol. The number of benzene rings is 8. The molecule has 0 saturated carbocycles. The fraction of sp³-hybridized carbons (Fsp3) is 0. The molecule has 0 aliphatic carbocycles. The Bertz CT molecular complexity index is 3150. The summed E-state index contributed by atoms with van der Waals surface area (Å²) in [4.78, 5) is 19.9. The lowest BCUT2D eigenvalue weighted by Gasteiger charge is -2.12. The smallest absolute Gasteiger partial charge is 0.164 e. The number of rotatable bonds is 6. The second-order valence-corrected chi connectivity index (χ2v) is 14.9. The first kappa shape index (κ1) is 32.2. The molecule has 0 aliphatic heterocycles. The summed E-state index contributed by atoms with van der Waals surface area (Å²) in [5.74, 6) is 1.95. The van der Waals surface area contributed by atoms with Crippen LogP contribution in [-0.2, 0) is 0 Å². The van der Waals surface area contributed by atoms with Gasteiger partial charge in [0.2, 0.25) is 0 Å². The summed E-state index contributed by atoms with van der Waals surface area (Å²) >= 11 is 1.74. The van der Waals surface area contributed by atoms with Crippen LogP contribution in [0, 0.1) is 0 Å². The number of thiazole rings is 1. The van der Waals surface area contributed by atoms with E-state index in [0.29, 0.717) is 17.5 Å². The molecule has 0 unspecified atom stereocenters. The fourth-order valence-electron chi connectivity index (χ4n) is 7.75. The van der Waals surface area contributed by atoms with Crippen molar-refractivity contribution in [2.75, 3.05) is 0 Å². The number of nitrogens with zero attached hydrogens (tertiary/aromatic N) is 5. The Hall–Kier alpha value is -7.28. The van der Waals surface area contributed by atoms with Crippen molar-refractivity contribution in [3.8, 4) is 61.5 Å². The first-order valence-electron chi connectivity index (χ1n) is 18.6. The lowest BCUT2D eigenvalue weighted by atomic mass is 9.99. The van der Waals surface area contributed by atoms with Crippen molar-refractivity contribution in [3.63, 3.8) is 0 Å². The molecule has 0 amide bonds. The standard InChI is InChI=1S/C50H31N5S/c1-3-12-34(13-4-1)47-52-48(35-14-5-2-6-15-35)54-49(53-47)37-25-23-33-22-24-36(30-38(33)31-37)32-26-28-39(29-27-32)55-44-20-9-7-16-40(44)41-17-11-18-42(46(41)55)50-51-43-19-8-10-21-45(43)56-50/h1-31H. The Morgan fingerprint density at radius 2 is 0.982 bits per heavy atom. The molecule has 3 aromatic heterocycles. The predicted octanol–water partition coefficient (Wildman–Crippen LogP) is 13.1. The minimum Gasteiger partial charge on any atom is -0.309 e. The van der Waals surface area contributed by atoms with E-state index in [0.717, 1.165) is 60.4 Å². The summed E-state index contributed by atoms with van der Waals surface area (Å²) in [5, 5.41) is 5.75. The van der Waals surface area contributed by atoms with Crippen LogP contribution in [0.3, 0.4) is 0 Å². The molecule has 3 heterocycles. The molecule has 11 aromatic rings. The molecule has 0 spiro atoms. The number of fused-ring (bicyclic) bond motifs is 5. The van der Waals surface area contributed by atoms with E-state index in [2.05, 4.69) is 132 Å². The van der Waals surface area contributed by atoms with Crippen LogP contribution in [0.1, 0.15) is 0 Å². The highest BCUT2D eigenvalue weighted by Gasteiger charge is 2.19. The van der Waals surface area contributed by atoms with Crippen LogP contribution < -0.4 is 0 Å². The third-order valence-electron chi connectivity index (χ3n) is 10.5. The minimum atomic E-state index is 0.644. The molecule has 0 radical (unpaired) electrons. The van der Waals surface area contributed by atoms with Crippen molar-refractivity contribution in [2.24, 2.45) is 0 Å². The second-order valence-electron chi connectivity index (χ2n) is 13.9. The maximum atomic E-state index is 5.07. The van der Waals surface area contributed by atoms with Gasteiger partial charge in [0.05, 0.1) is 21.3 Å². The van der Waals surface area contributed by atoms with Gasteiger partial charge in [-0.25, -0.2) is 19.9 Å². The molecule has 0 bridgehead atoms. The molecule has 262 valence electrons. The highest BCUT2D eigenvalue weighted by molar-refractivity contribution is 7.21. The van der Waals surface area contributed by atoms with Crippen LogP contribution in [0.25, 0.3) is 104 Å². The molecule has 6 heteroatoms. The summed E-state index contributed by atoms with van der Waals surface area (Å²) < 4.78 is 3.58. The van der Waals surface area contributed by atoms with Gasteiger partial charge < -0.3 is 4.57 Å². The maximum Gasteiger partial charge on any atom is 0.164 e. The predicted molar refractivity (Wildman–Crippen MR) is 232 cm³/mol. The Morgan fingerprint density at radius 1 is 0.393 bits per heavy atom. The fourth-order valence-corrected chi connectivity index (χ4v) is 8.74. The number of hydrogen-bond donors (Lipinski definition) is 0. The maximum absolute atomic E-state index is 5.07. The normalized spacial score (nSPS) is 11.6. The Labute approximate surface area is 326 Å². The first-order valence-corrected chi connectivity index (χ1v) is 19.5. The van der Waals surface area contributed by atoms with Gasteiger partial charge in [-0.1, -0.05) is 140 Å². The molecule has 0 fully saturated rings. The lowest BCUT2D eigenvalue weighted by Crippen LogP contribution is -2.00. The van der Waals surface area contributed by atoms with Crippen LogP contribution in [0.5, 0.6) is 0 Å². The number of para-hydroxylation sites is 3. The van der Waals surface area contributed by atoms with Gasteiger partial charge in [0.1, 0.15) is 5.01 Å². The van der Waals surface area contributed by atoms with E-state index in [1.165, 1.54) is 26.5 Å². The molecule has 8 aromatic carbocycles. The topological polar surface area (TPSA) is 56.5 Å². The van der Waals surface area contributed by atoms with Gasteiger partial charge in [-0.05, 0) is 70.4 Å². The monoisotopic (exact) mass is 733 g/mol. The van der Waals surface area contributed by atoms with E-state index in [-0.39, 0.29) is 0 Å². The van der Waals surface area contributed by atoms with Crippen LogP contribution in [-0.4, -0.2) is 24.5 Å². The van der Waals surface area contributed by atoms with Crippen molar-refractivity contribution in [1.29, 1.82) is 0 Å². The largest absolute Gasteiger partial charge is 0.309 e. The summed E-state index contributed by atoms with van der Waals surface area (Å²) in [5.41, 5.74) is 10.7. The molecule has 0 aliphatic rings. The van der Waals surface area contributed by atoms with Gasteiger partial charge >= 0.3 is 0 Å². The van der Waals surface area contributed by atoms with Gasteiger partial charge in [0, 0.05) is 38.7 Å². The van der Waals surface area contributed by atoms with Crippen molar-refractivity contribution in [2.45, 2.75) is 0 Å².